The van der Waals surface area contributed by atoms with Crippen LogP contribution in [0, 0.1) is 0 Å². The van der Waals surface area contributed by atoms with Crippen molar-refractivity contribution in [2.24, 2.45) is 0 Å². The second-order valence-electron chi connectivity index (χ2n) is 19.2. The molecule has 0 aliphatic heterocycles. The van der Waals surface area contributed by atoms with Gasteiger partial charge >= 0.3 is 17.9 Å². The minimum absolute atomic E-state index is 0.0700. The molecule has 0 rings (SSSR count). The maximum absolute atomic E-state index is 12.8. The van der Waals surface area contributed by atoms with Crippen molar-refractivity contribution in [1.82, 2.24) is 0 Å². The first-order valence-corrected chi connectivity index (χ1v) is 28.3. The van der Waals surface area contributed by atoms with Gasteiger partial charge < -0.3 is 14.2 Å². The molecule has 376 valence electrons. The highest BCUT2D eigenvalue weighted by Gasteiger charge is 2.19. The molecule has 0 aliphatic rings. The quantitative estimate of drug-likeness (QED) is 0.0262. The summed E-state index contributed by atoms with van der Waals surface area (Å²) < 4.78 is 16.8. The summed E-state index contributed by atoms with van der Waals surface area (Å²) >= 11 is 0. The molecule has 6 heteroatoms. The molecule has 0 fully saturated rings. The highest BCUT2D eigenvalue weighted by atomic mass is 16.6. The third-order valence-corrected chi connectivity index (χ3v) is 12.7. The van der Waals surface area contributed by atoms with E-state index in [9.17, 15) is 14.4 Å². The van der Waals surface area contributed by atoms with Gasteiger partial charge in [-0.05, 0) is 70.6 Å². The van der Waals surface area contributed by atoms with Crippen LogP contribution in [0.5, 0.6) is 0 Å². The van der Waals surface area contributed by atoms with E-state index in [-0.39, 0.29) is 31.1 Å². The zero-order valence-electron chi connectivity index (χ0n) is 43.1. The first kappa shape index (κ1) is 61.9. The number of carbonyl (C=O) groups excluding carboxylic acids is 3. The Morgan fingerprint density at radius 2 is 0.516 bits per heavy atom. The van der Waals surface area contributed by atoms with Crippen LogP contribution in [0.4, 0.5) is 0 Å². The highest BCUT2D eigenvalue weighted by molar-refractivity contribution is 5.71. The molecular formula is C58H108O6. The lowest BCUT2D eigenvalue weighted by Gasteiger charge is -2.18. The topological polar surface area (TPSA) is 78.9 Å². The van der Waals surface area contributed by atoms with Crippen LogP contribution in [0.2, 0.25) is 0 Å². The summed E-state index contributed by atoms with van der Waals surface area (Å²) in [7, 11) is 0. The molecule has 1 atom stereocenters. The number of allylic oxidation sites excluding steroid dienone is 4. The number of carbonyl (C=O) groups is 3. The van der Waals surface area contributed by atoms with Crippen LogP contribution in [0.15, 0.2) is 24.3 Å². The fraction of sp³-hybridized carbons (Fsp3) is 0.879. The molecule has 0 aromatic heterocycles. The summed E-state index contributed by atoms with van der Waals surface area (Å²) in [6.45, 7) is 6.61. The SMILES string of the molecule is CCCCCCCC/C=C\CCCCCCCCCCCC(=O)OC(COC(=O)CCCCCCCC)COC(=O)CCCCCCCCCCC/C=C\CCCCCCCCCC. The fourth-order valence-electron chi connectivity index (χ4n) is 8.37. The Morgan fingerprint density at radius 3 is 0.781 bits per heavy atom. The number of unbranched alkanes of at least 4 members (excludes halogenated alkanes) is 37. The average molecular weight is 901 g/mol. The summed E-state index contributed by atoms with van der Waals surface area (Å²) in [4.78, 5) is 37.8. The van der Waals surface area contributed by atoms with Crippen molar-refractivity contribution in [3.63, 3.8) is 0 Å². The van der Waals surface area contributed by atoms with E-state index >= 15 is 0 Å². The molecule has 6 nitrogen and oxygen atoms in total. The van der Waals surface area contributed by atoms with Crippen LogP contribution >= 0.6 is 0 Å². The molecular weight excluding hydrogens is 793 g/mol. The zero-order chi connectivity index (χ0) is 46.5. The Labute approximate surface area is 398 Å². The lowest BCUT2D eigenvalue weighted by molar-refractivity contribution is -0.167. The summed E-state index contributed by atoms with van der Waals surface area (Å²) in [6.07, 6.45) is 62.0. The second-order valence-corrected chi connectivity index (χ2v) is 19.2. The Kier molecular flexibility index (Phi) is 51.7. The minimum Gasteiger partial charge on any atom is -0.462 e. The van der Waals surface area contributed by atoms with E-state index in [0.29, 0.717) is 19.3 Å². The van der Waals surface area contributed by atoms with Gasteiger partial charge in [0.2, 0.25) is 0 Å². The standard InChI is InChI=1S/C58H108O6/c1-4-7-10-13-16-18-20-22-24-26-28-29-31-32-34-36-38-40-42-45-48-51-57(60)63-54-55(53-62-56(59)50-47-44-15-12-9-6-3)64-58(61)52-49-46-43-41-39-37-35-33-30-27-25-23-21-19-17-14-11-8-5-2/h23,25-26,28,55H,4-22,24,27,29-54H2,1-3H3/b25-23-,28-26-. The number of hydrogen-bond acceptors (Lipinski definition) is 6. The van der Waals surface area contributed by atoms with Crippen molar-refractivity contribution < 1.29 is 28.6 Å². The van der Waals surface area contributed by atoms with Crippen molar-refractivity contribution in [1.29, 1.82) is 0 Å². The number of esters is 3. The molecule has 0 spiro atoms. The molecule has 0 amide bonds. The van der Waals surface area contributed by atoms with Crippen LogP contribution in [0.3, 0.4) is 0 Å². The molecule has 0 aromatic rings. The number of rotatable bonds is 52. The van der Waals surface area contributed by atoms with E-state index < -0.39 is 6.10 Å². The lowest BCUT2D eigenvalue weighted by atomic mass is 10.1. The van der Waals surface area contributed by atoms with Crippen LogP contribution in [0.1, 0.15) is 310 Å². The molecule has 64 heavy (non-hydrogen) atoms. The first-order valence-electron chi connectivity index (χ1n) is 28.3. The average Bonchev–Trinajstić information content (AvgIpc) is 3.29. The van der Waals surface area contributed by atoms with Crippen molar-refractivity contribution in [3.8, 4) is 0 Å². The van der Waals surface area contributed by atoms with Crippen LogP contribution in [-0.4, -0.2) is 37.2 Å². The van der Waals surface area contributed by atoms with Gasteiger partial charge in [0, 0.05) is 19.3 Å². The molecule has 0 aliphatic carbocycles. The van der Waals surface area contributed by atoms with Gasteiger partial charge in [-0.25, -0.2) is 0 Å². The van der Waals surface area contributed by atoms with E-state index in [1.807, 2.05) is 0 Å². The molecule has 0 saturated heterocycles. The Morgan fingerprint density at radius 1 is 0.297 bits per heavy atom. The van der Waals surface area contributed by atoms with E-state index in [2.05, 4.69) is 45.1 Å². The Balaban J connectivity index is 4.13. The van der Waals surface area contributed by atoms with E-state index in [4.69, 9.17) is 14.2 Å². The largest absolute Gasteiger partial charge is 0.462 e. The third-order valence-electron chi connectivity index (χ3n) is 12.7. The maximum atomic E-state index is 12.8. The zero-order valence-corrected chi connectivity index (χ0v) is 43.1. The third kappa shape index (κ3) is 50.9. The van der Waals surface area contributed by atoms with E-state index in [1.165, 1.54) is 212 Å². The predicted molar refractivity (Wildman–Crippen MR) is 275 cm³/mol. The van der Waals surface area contributed by atoms with Gasteiger partial charge in [-0.1, -0.05) is 244 Å². The molecule has 0 aromatic carbocycles. The second kappa shape index (κ2) is 53.5. The van der Waals surface area contributed by atoms with Crippen LogP contribution < -0.4 is 0 Å². The van der Waals surface area contributed by atoms with E-state index in [0.717, 1.165) is 57.8 Å². The monoisotopic (exact) mass is 901 g/mol. The molecule has 0 radical (unpaired) electrons. The smallest absolute Gasteiger partial charge is 0.306 e. The van der Waals surface area contributed by atoms with Crippen molar-refractivity contribution in [2.45, 2.75) is 316 Å². The van der Waals surface area contributed by atoms with Crippen LogP contribution in [0.25, 0.3) is 0 Å². The van der Waals surface area contributed by atoms with Gasteiger partial charge in [-0.3, -0.25) is 14.4 Å². The fourth-order valence-corrected chi connectivity index (χ4v) is 8.37. The van der Waals surface area contributed by atoms with Crippen LogP contribution in [-0.2, 0) is 28.6 Å². The van der Waals surface area contributed by atoms with Gasteiger partial charge in [0.1, 0.15) is 13.2 Å². The van der Waals surface area contributed by atoms with Gasteiger partial charge in [0.05, 0.1) is 0 Å². The van der Waals surface area contributed by atoms with E-state index in [1.54, 1.807) is 0 Å². The summed E-state index contributed by atoms with van der Waals surface area (Å²) in [5, 5.41) is 0. The molecule has 0 heterocycles. The minimum atomic E-state index is -0.767. The molecule has 0 bridgehead atoms. The molecule has 1 unspecified atom stereocenters. The molecule has 0 N–H and O–H groups in total. The van der Waals surface area contributed by atoms with Crippen molar-refractivity contribution in [3.05, 3.63) is 24.3 Å². The van der Waals surface area contributed by atoms with Crippen molar-refractivity contribution in [2.75, 3.05) is 13.2 Å². The number of hydrogen-bond donors (Lipinski definition) is 0. The Bertz CT molecular complexity index is 1040. The van der Waals surface area contributed by atoms with Gasteiger partial charge in [-0.15, -0.1) is 0 Å². The highest BCUT2D eigenvalue weighted by Crippen LogP contribution is 2.16. The summed E-state index contributed by atoms with van der Waals surface area (Å²) in [6, 6.07) is 0. The normalized spacial score (nSPS) is 12.1. The van der Waals surface area contributed by atoms with Crippen molar-refractivity contribution >= 4 is 17.9 Å². The predicted octanol–water partition coefficient (Wildman–Crippen LogP) is 18.7. The van der Waals surface area contributed by atoms with Gasteiger partial charge in [-0.2, -0.15) is 0 Å². The van der Waals surface area contributed by atoms with Gasteiger partial charge in [0.25, 0.3) is 0 Å². The maximum Gasteiger partial charge on any atom is 0.306 e. The molecule has 0 saturated carbocycles. The summed E-state index contributed by atoms with van der Waals surface area (Å²) in [5.74, 6) is -0.868. The lowest BCUT2D eigenvalue weighted by Crippen LogP contribution is -2.30. The first-order chi connectivity index (χ1) is 31.5. The number of ether oxygens (including phenoxy) is 3. The van der Waals surface area contributed by atoms with Gasteiger partial charge in [0.15, 0.2) is 6.10 Å². The Hall–Kier alpha value is -2.11. The summed E-state index contributed by atoms with van der Waals surface area (Å²) in [5.41, 5.74) is 0.